The van der Waals surface area contributed by atoms with Gasteiger partial charge in [0.2, 0.25) is 0 Å². The molecule has 0 N–H and O–H groups in total. The van der Waals surface area contributed by atoms with Gasteiger partial charge in [-0.1, -0.05) is 36.4 Å². The summed E-state index contributed by atoms with van der Waals surface area (Å²) in [6, 6.07) is 19.0. The van der Waals surface area contributed by atoms with Gasteiger partial charge in [-0.2, -0.15) is 5.10 Å². The van der Waals surface area contributed by atoms with E-state index < -0.39 is 23.6 Å². The van der Waals surface area contributed by atoms with Crippen LogP contribution in [0.1, 0.15) is 26.4 Å². The maximum absolute atomic E-state index is 13.5. The van der Waals surface area contributed by atoms with Crippen LogP contribution in [0.15, 0.2) is 72.8 Å². The van der Waals surface area contributed by atoms with Gasteiger partial charge < -0.3 is 14.2 Å². The molecule has 1 heterocycles. The van der Waals surface area contributed by atoms with Gasteiger partial charge in [-0.05, 0) is 35.9 Å². The summed E-state index contributed by atoms with van der Waals surface area (Å²) in [5.41, 5.74) is 1.79. The van der Waals surface area contributed by atoms with E-state index in [1.807, 2.05) is 6.07 Å². The largest absolute Gasteiger partial charge is 0.489 e. The van der Waals surface area contributed by atoms with E-state index in [9.17, 15) is 18.4 Å². The molecule has 7 nitrogen and oxygen atoms in total. The van der Waals surface area contributed by atoms with Crippen LogP contribution in [-0.4, -0.2) is 35.9 Å². The molecule has 0 aliphatic heterocycles. The Labute approximate surface area is 199 Å². The number of aromatic nitrogens is 2. The van der Waals surface area contributed by atoms with Crippen molar-refractivity contribution < 1.29 is 32.6 Å². The fourth-order valence-corrected chi connectivity index (χ4v) is 3.50. The zero-order valence-corrected chi connectivity index (χ0v) is 18.8. The number of ether oxygens (including phenoxy) is 3. The number of nitrogens with zero attached hydrogens (tertiary/aromatic N) is 2. The summed E-state index contributed by atoms with van der Waals surface area (Å²) in [5.74, 6) is -3.34. The van der Waals surface area contributed by atoms with Crippen LogP contribution in [0.3, 0.4) is 0 Å². The first-order chi connectivity index (χ1) is 16.9. The summed E-state index contributed by atoms with van der Waals surface area (Å²) in [4.78, 5) is 25.5. The number of halogens is 2. The van der Waals surface area contributed by atoms with Gasteiger partial charge in [0.15, 0.2) is 17.3 Å². The molecule has 9 heteroatoms. The minimum Gasteiger partial charge on any atom is -0.489 e. The highest BCUT2D eigenvalue weighted by Crippen LogP contribution is 2.30. The van der Waals surface area contributed by atoms with Gasteiger partial charge in [0, 0.05) is 11.6 Å². The molecule has 0 unspecified atom stereocenters. The highest BCUT2D eigenvalue weighted by molar-refractivity contribution is 6.06. The van der Waals surface area contributed by atoms with Crippen LogP contribution in [0.5, 0.6) is 5.75 Å². The predicted molar refractivity (Wildman–Crippen MR) is 122 cm³/mol. The lowest BCUT2D eigenvalue weighted by molar-refractivity contribution is 0.0549. The Balaban J connectivity index is 1.77. The van der Waals surface area contributed by atoms with Crippen LogP contribution in [0.25, 0.3) is 16.9 Å². The van der Waals surface area contributed by atoms with Crippen molar-refractivity contribution in [3.8, 4) is 22.7 Å². The summed E-state index contributed by atoms with van der Waals surface area (Å²) in [7, 11) is 2.42. The lowest BCUT2D eigenvalue weighted by Crippen LogP contribution is -2.15. The summed E-state index contributed by atoms with van der Waals surface area (Å²) in [5, 5.41) is 4.55. The highest BCUT2D eigenvalue weighted by atomic mass is 19.2. The minimum absolute atomic E-state index is 0.0374. The molecule has 0 amide bonds. The van der Waals surface area contributed by atoms with Crippen molar-refractivity contribution in [3.63, 3.8) is 0 Å². The van der Waals surface area contributed by atoms with Gasteiger partial charge in [0.05, 0.1) is 19.9 Å². The number of carbonyl (C=O) groups is 2. The molecule has 0 atom stereocenters. The molecule has 0 saturated carbocycles. The van der Waals surface area contributed by atoms with Crippen LogP contribution in [0, 0.1) is 11.6 Å². The van der Waals surface area contributed by atoms with Crippen LogP contribution in [0.2, 0.25) is 0 Å². The summed E-state index contributed by atoms with van der Waals surface area (Å²) in [6.45, 7) is 0.0374. The highest BCUT2D eigenvalue weighted by Gasteiger charge is 2.31. The molecule has 0 saturated heterocycles. The van der Waals surface area contributed by atoms with E-state index in [4.69, 9.17) is 14.2 Å². The molecule has 0 aliphatic carbocycles. The molecule has 0 bridgehead atoms. The number of hydrogen-bond acceptors (Lipinski definition) is 6. The Bertz CT molecular complexity index is 1390. The van der Waals surface area contributed by atoms with Crippen LogP contribution in [0.4, 0.5) is 8.78 Å². The average molecular weight is 478 g/mol. The van der Waals surface area contributed by atoms with E-state index in [1.165, 1.54) is 25.0 Å². The third-order valence-electron chi connectivity index (χ3n) is 5.15. The second-order valence-electron chi connectivity index (χ2n) is 7.37. The first kappa shape index (κ1) is 23.6. The van der Waals surface area contributed by atoms with E-state index >= 15 is 0 Å². The number of carbonyl (C=O) groups excluding carboxylic acids is 2. The molecular weight excluding hydrogens is 458 g/mol. The van der Waals surface area contributed by atoms with Gasteiger partial charge in [-0.3, -0.25) is 0 Å². The van der Waals surface area contributed by atoms with E-state index in [1.54, 1.807) is 48.5 Å². The molecule has 1 aromatic heterocycles. The number of benzene rings is 3. The van der Waals surface area contributed by atoms with Crippen molar-refractivity contribution in [2.75, 3.05) is 14.2 Å². The van der Waals surface area contributed by atoms with Gasteiger partial charge in [-0.15, -0.1) is 0 Å². The van der Waals surface area contributed by atoms with Crippen molar-refractivity contribution in [2.45, 2.75) is 6.61 Å². The van der Waals surface area contributed by atoms with Gasteiger partial charge in [0.1, 0.15) is 23.6 Å². The number of methoxy groups -OCH3 is 2. The average Bonchev–Trinajstić information content (AvgIpc) is 3.30. The summed E-state index contributed by atoms with van der Waals surface area (Å²) < 4.78 is 43.4. The van der Waals surface area contributed by atoms with Crippen LogP contribution in [-0.2, 0) is 16.1 Å². The fourth-order valence-electron chi connectivity index (χ4n) is 3.50. The molecule has 0 spiro atoms. The Morgan fingerprint density at radius 2 is 1.60 bits per heavy atom. The van der Waals surface area contributed by atoms with Gasteiger partial charge in [0.25, 0.3) is 0 Å². The lowest BCUT2D eigenvalue weighted by Gasteiger charge is -2.08. The third-order valence-corrected chi connectivity index (χ3v) is 5.15. The van der Waals surface area contributed by atoms with E-state index in [-0.39, 0.29) is 29.3 Å². The lowest BCUT2D eigenvalue weighted by atomic mass is 10.0. The fraction of sp³-hybridized carbons (Fsp3) is 0.115. The normalized spacial score (nSPS) is 10.6. The molecule has 35 heavy (non-hydrogen) atoms. The molecule has 0 radical (unpaired) electrons. The number of para-hydroxylation sites is 1. The molecule has 0 aliphatic rings. The Kier molecular flexibility index (Phi) is 6.86. The monoisotopic (exact) mass is 478 g/mol. The summed E-state index contributed by atoms with van der Waals surface area (Å²) >= 11 is 0. The molecule has 178 valence electrons. The van der Waals surface area contributed by atoms with Crippen molar-refractivity contribution >= 4 is 11.9 Å². The van der Waals surface area contributed by atoms with E-state index in [0.717, 1.165) is 12.1 Å². The maximum atomic E-state index is 13.5. The first-order valence-corrected chi connectivity index (χ1v) is 10.4. The first-order valence-electron chi connectivity index (χ1n) is 10.4. The van der Waals surface area contributed by atoms with Crippen LogP contribution < -0.4 is 4.74 Å². The summed E-state index contributed by atoms with van der Waals surface area (Å²) in [6.07, 6.45) is 0. The zero-order valence-electron chi connectivity index (χ0n) is 18.8. The Hall–Kier alpha value is -4.53. The van der Waals surface area contributed by atoms with Crippen molar-refractivity contribution in [1.82, 2.24) is 9.78 Å². The number of hydrogen-bond donors (Lipinski definition) is 0. The minimum atomic E-state index is -1.01. The van der Waals surface area contributed by atoms with Gasteiger partial charge >= 0.3 is 11.9 Å². The van der Waals surface area contributed by atoms with Crippen molar-refractivity contribution in [2.24, 2.45) is 0 Å². The smallest absolute Gasteiger partial charge is 0.357 e. The zero-order chi connectivity index (χ0) is 24.9. The van der Waals surface area contributed by atoms with E-state index in [0.29, 0.717) is 16.8 Å². The van der Waals surface area contributed by atoms with Crippen LogP contribution >= 0.6 is 0 Å². The number of esters is 2. The molecular formula is C26H20F2N2O5. The number of rotatable bonds is 7. The molecule has 4 rings (SSSR count). The van der Waals surface area contributed by atoms with Gasteiger partial charge in [-0.25, -0.2) is 23.1 Å². The maximum Gasteiger partial charge on any atom is 0.357 e. The predicted octanol–water partition coefficient (Wildman–Crippen LogP) is 4.97. The van der Waals surface area contributed by atoms with Crippen molar-refractivity contribution in [1.29, 1.82) is 0 Å². The Morgan fingerprint density at radius 3 is 2.29 bits per heavy atom. The molecule has 4 aromatic rings. The molecule has 0 fully saturated rings. The second-order valence-corrected chi connectivity index (χ2v) is 7.37. The van der Waals surface area contributed by atoms with E-state index in [2.05, 4.69) is 5.10 Å². The second kappa shape index (κ2) is 10.2. The molecule has 3 aromatic carbocycles. The van der Waals surface area contributed by atoms with Crippen molar-refractivity contribution in [3.05, 3.63) is 101 Å². The third kappa shape index (κ3) is 4.89. The Morgan fingerprint density at radius 1 is 0.857 bits per heavy atom. The standard InChI is InChI=1S/C26H20F2N2O5/c1-33-25(31)22-23(29-30(24(22)26(32)34-2)18-9-4-3-5-10-18)17-8-6-7-16(13-17)15-35-19-11-12-20(27)21(28)14-19/h3-14H,15H2,1-2H3. The quantitative estimate of drug-likeness (QED) is 0.349. The SMILES string of the molecule is COC(=O)c1c(-c2cccc(COc3ccc(F)c(F)c3)c2)nn(-c2ccccc2)c1C(=O)OC. The topological polar surface area (TPSA) is 79.7 Å².